The molecule has 0 bridgehead atoms. The summed E-state index contributed by atoms with van der Waals surface area (Å²) < 4.78 is 27.8. The summed E-state index contributed by atoms with van der Waals surface area (Å²) in [6.45, 7) is 0. The number of benzene rings is 4. The van der Waals surface area contributed by atoms with Crippen molar-refractivity contribution in [2.45, 2.75) is 76.0 Å². The van der Waals surface area contributed by atoms with Crippen LogP contribution in [0.5, 0.6) is 0 Å². The molecule has 2 saturated carbocycles. The summed E-state index contributed by atoms with van der Waals surface area (Å²) in [5, 5.41) is 1.31. The first-order chi connectivity index (χ1) is 19.1. The van der Waals surface area contributed by atoms with Gasteiger partial charge in [-0.2, -0.15) is 0 Å². The summed E-state index contributed by atoms with van der Waals surface area (Å²) in [7, 11) is 3.16. The minimum Gasteiger partial charge on any atom is -0.207 e. The van der Waals surface area contributed by atoms with Gasteiger partial charge in [0.2, 0.25) is 0 Å². The van der Waals surface area contributed by atoms with Gasteiger partial charge in [-0.1, -0.05) is 93.1 Å². The van der Waals surface area contributed by atoms with E-state index in [1.807, 2.05) is 24.3 Å². The van der Waals surface area contributed by atoms with Gasteiger partial charge in [-0.25, -0.2) is 8.78 Å². The van der Waals surface area contributed by atoms with E-state index in [1.54, 1.807) is 11.1 Å². The highest BCUT2D eigenvalue weighted by Crippen LogP contribution is 2.45. The molecule has 0 aliphatic heterocycles. The van der Waals surface area contributed by atoms with Crippen LogP contribution in [-0.2, 0) is 0 Å². The second-order valence-corrected chi connectivity index (χ2v) is 12.0. The molecule has 0 amide bonds. The van der Waals surface area contributed by atoms with Crippen LogP contribution < -0.4 is 5.30 Å². The standard InChI is InChI=1S/C36H37F2P/c37-28-18-14-25(15-19-28)30-12-7-13-31(26-16-20-29(38)21-17-26)35(30)33-23-22-32(24-8-3-1-4-9-24)34(36(33)39)27-10-5-2-6-11-27/h7,12-24,27H,1-6,8-11,39H2. The van der Waals surface area contributed by atoms with Crippen molar-refractivity contribution in [2.75, 3.05) is 0 Å². The molecule has 4 aromatic rings. The monoisotopic (exact) mass is 538 g/mol. The average Bonchev–Trinajstić information content (AvgIpc) is 2.98. The Morgan fingerprint density at radius 3 is 1.51 bits per heavy atom. The van der Waals surface area contributed by atoms with Crippen LogP contribution >= 0.6 is 9.24 Å². The van der Waals surface area contributed by atoms with Crippen molar-refractivity contribution in [3.8, 4) is 33.4 Å². The van der Waals surface area contributed by atoms with Crippen LogP contribution in [0.15, 0.2) is 78.9 Å². The van der Waals surface area contributed by atoms with Crippen LogP contribution in [0.2, 0.25) is 0 Å². The topological polar surface area (TPSA) is 0 Å². The molecule has 4 aromatic carbocycles. The molecule has 2 fully saturated rings. The van der Waals surface area contributed by atoms with Crippen LogP contribution in [-0.4, -0.2) is 0 Å². The highest BCUT2D eigenvalue weighted by atomic mass is 31.0. The molecular formula is C36H37F2P. The van der Waals surface area contributed by atoms with E-state index < -0.39 is 0 Å². The summed E-state index contributed by atoms with van der Waals surface area (Å²) in [6, 6.07) is 24.7. The minimum atomic E-state index is -0.238. The average molecular weight is 539 g/mol. The SMILES string of the molecule is Fc1ccc(-c2cccc(-c3ccc(F)cc3)c2-c2ccc(C3CCCCC3)c(C3CCCCC3)c2P)cc1. The minimum absolute atomic E-state index is 0.238. The molecule has 2 aliphatic carbocycles. The first-order valence-electron chi connectivity index (χ1n) is 14.7. The molecule has 1 atom stereocenters. The summed E-state index contributed by atoms with van der Waals surface area (Å²) in [5.41, 5.74) is 9.57. The molecule has 0 spiro atoms. The molecule has 200 valence electrons. The largest absolute Gasteiger partial charge is 0.207 e. The molecule has 1 unspecified atom stereocenters. The molecule has 6 rings (SSSR count). The first kappa shape index (κ1) is 26.4. The van der Waals surface area contributed by atoms with E-state index in [0.717, 1.165) is 27.8 Å². The lowest BCUT2D eigenvalue weighted by Crippen LogP contribution is -2.20. The third-order valence-corrected chi connectivity index (χ3v) is 9.65. The molecule has 0 aromatic heterocycles. The highest BCUT2D eigenvalue weighted by molar-refractivity contribution is 7.28. The van der Waals surface area contributed by atoms with Crippen molar-refractivity contribution in [3.05, 3.63) is 102 Å². The van der Waals surface area contributed by atoms with Crippen LogP contribution in [0.4, 0.5) is 8.78 Å². The number of hydrogen-bond donors (Lipinski definition) is 0. The quantitative estimate of drug-likeness (QED) is 0.222. The molecular weight excluding hydrogens is 501 g/mol. The predicted molar refractivity (Wildman–Crippen MR) is 164 cm³/mol. The second kappa shape index (κ2) is 11.7. The van der Waals surface area contributed by atoms with Gasteiger partial charge in [-0.05, 0) is 112 Å². The number of hydrogen-bond acceptors (Lipinski definition) is 0. The van der Waals surface area contributed by atoms with E-state index >= 15 is 0 Å². The van der Waals surface area contributed by atoms with Crippen molar-refractivity contribution in [3.63, 3.8) is 0 Å². The lowest BCUT2D eigenvalue weighted by molar-refractivity contribution is 0.420. The van der Waals surface area contributed by atoms with Crippen molar-refractivity contribution >= 4 is 14.5 Å². The summed E-state index contributed by atoms with van der Waals surface area (Å²) in [5.74, 6) is 0.764. The predicted octanol–water partition coefficient (Wildman–Crippen LogP) is 10.6. The molecule has 2 aliphatic rings. The third kappa shape index (κ3) is 5.46. The van der Waals surface area contributed by atoms with Crippen molar-refractivity contribution < 1.29 is 8.78 Å². The number of rotatable bonds is 5. The van der Waals surface area contributed by atoms with Gasteiger partial charge in [0.15, 0.2) is 0 Å². The highest BCUT2D eigenvalue weighted by Gasteiger charge is 2.28. The normalized spacial score (nSPS) is 16.9. The van der Waals surface area contributed by atoms with Gasteiger partial charge in [0, 0.05) is 0 Å². The van der Waals surface area contributed by atoms with Crippen molar-refractivity contribution in [1.82, 2.24) is 0 Å². The maximum Gasteiger partial charge on any atom is 0.123 e. The molecule has 0 nitrogen and oxygen atoms in total. The molecule has 0 radical (unpaired) electrons. The fraction of sp³-hybridized carbons (Fsp3) is 0.333. The van der Waals surface area contributed by atoms with Crippen LogP contribution in [0.25, 0.3) is 33.4 Å². The maximum atomic E-state index is 13.9. The Balaban J connectivity index is 1.59. The lowest BCUT2D eigenvalue weighted by atomic mass is 9.74. The van der Waals surface area contributed by atoms with E-state index in [0.29, 0.717) is 11.8 Å². The fourth-order valence-corrected chi connectivity index (χ4v) is 7.71. The van der Waals surface area contributed by atoms with Gasteiger partial charge in [0.25, 0.3) is 0 Å². The molecule has 39 heavy (non-hydrogen) atoms. The third-order valence-electron chi connectivity index (χ3n) is 9.02. The Hall–Kier alpha value is -2.83. The fourth-order valence-electron chi connectivity index (χ4n) is 7.07. The molecule has 0 N–H and O–H groups in total. The molecule has 0 heterocycles. The van der Waals surface area contributed by atoms with E-state index in [1.165, 1.54) is 99.3 Å². The summed E-state index contributed by atoms with van der Waals surface area (Å²) >= 11 is 0. The van der Waals surface area contributed by atoms with E-state index in [2.05, 4.69) is 39.6 Å². The van der Waals surface area contributed by atoms with Crippen LogP contribution in [0.1, 0.15) is 87.2 Å². The van der Waals surface area contributed by atoms with Gasteiger partial charge in [-0.3, -0.25) is 0 Å². The Labute approximate surface area is 234 Å². The van der Waals surface area contributed by atoms with Crippen LogP contribution in [0, 0.1) is 11.6 Å². The van der Waals surface area contributed by atoms with Gasteiger partial charge in [-0.15, -0.1) is 9.24 Å². The first-order valence-corrected chi connectivity index (χ1v) is 15.3. The Morgan fingerprint density at radius 1 is 0.513 bits per heavy atom. The van der Waals surface area contributed by atoms with Crippen LogP contribution in [0.3, 0.4) is 0 Å². The van der Waals surface area contributed by atoms with Gasteiger partial charge >= 0.3 is 0 Å². The lowest BCUT2D eigenvalue weighted by Gasteiger charge is -2.32. The Morgan fingerprint density at radius 2 is 1.00 bits per heavy atom. The molecule has 0 saturated heterocycles. The van der Waals surface area contributed by atoms with Crippen molar-refractivity contribution in [1.29, 1.82) is 0 Å². The zero-order valence-corrected chi connectivity index (χ0v) is 23.7. The van der Waals surface area contributed by atoms with E-state index in [-0.39, 0.29) is 11.6 Å². The molecule has 3 heteroatoms. The Bertz CT molecular complexity index is 1360. The smallest absolute Gasteiger partial charge is 0.123 e. The summed E-state index contributed by atoms with van der Waals surface area (Å²) in [4.78, 5) is 0. The zero-order chi connectivity index (χ0) is 26.8. The van der Waals surface area contributed by atoms with E-state index in [4.69, 9.17) is 0 Å². The Kier molecular flexibility index (Phi) is 7.94. The second-order valence-electron chi connectivity index (χ2n) is 11.4. The van der Waals surface area contributed by atoms with Crippen molar-refractivity contribution in [2.24, 2.45) is 0 Å². The van der Waals surface area contributed by atoms with Gasteiger partial charge in [0.05, 0.1) is 0 Å². The van der Waals surface area contributed by atoms with Gasteiger partial charge < -0.3 is 0 Å². The number of halogens is 2. The zero-order valence-electron chi connectivity index (χ0n) is 22.6. The maximum absolute atomic E-state index is 13.9. The van der Waals surface area contributed by atoms with E-state index in [9.17, 15) is 8.78 Å². The van der Waals surface area contributed by atoms with Gasteiger partial charge in [0.1, 0.15) is 11.6 Å². The summed E-state index contributed by atoms with van der Waals surface area (Å²) in [6.07, 6.45) is 13.0.